The fourth-order valence-electron chi connectivity index (χ4n) is 4.25. The lowest BCUT2D eigenvalue weighted by atomic mass is 10.1. The van der Waals surface area contributed by atoms with Crippen molar-refractivity contribution in [1.29, 1.82) is 0 Å². The zero-order chi connectivity index (χ0) is 23.1. The molecular formula is C25H19N5O2S2. The fourth-order valence-corrected chi connectivity index (χ4v) is 6.13. The largest absolute Gasteiger partial charge is 0.332 e. The number of para-hydroxylation sites is 3. The van der Waals surface area contributed by atoms with Crippen LogP contribution in [0.2, 0.25) is 0 Å². The van der Waals surface area contributed by atoms with Gasteiger partial charge in [0.1, 0.15) is 5.01 Å². The molecule has 4 aromatic rings. The van der Waals surface area contributed by atoms with Crippen molar-refractivity contribution >= 4 is 57.2 Å². The first kappa shape index (κ1) is 20.9. The van der Waals surface area contributed by atoms with Crippen LogP contribution in [0.4, 0.5) is 27.0 Å². The Bertz CT molecular complexity index is 1350. The van der Waals surface area contributed by atoms with Gasteiger partial charge in [0, 0.05) is 34.4 Å². The van der Waals surface area contributed by atoms with E-state index in [1.54, 1.807) is 21.6 Å². The molecule has 0 spiro atoms. The number of fused-ring (bicyclic) bond motifs is 2. The molecule has 2 aliphatic rings. The van der Waals surface area contributed by atoms with Crippen LogP contribution in [-0.4, -0.2) is 28.7 Å². The summed E-state index contributed by atoms with van der Waals surface area (Å²) >= 11 is 2.97. The topological polar surface area (TPSA) is 78.4 Å². The van der Waals surface area contributed by atoms with Gasteiger partial charge < -0.3 is 4.90 Å². The molecule has 3 amide bonds. The highest BCUT2D eigenvalue weighted by Gasteiger charge is 2.34. The Hall–Kier alpha value is -3.69. The Balaban J connectivity index is 1.22. The lowest BCUT2D eigenvalue weighted by Crippen LogP contribution is -2.32. The summed E-state index contributed by atoms with van der Waals surface area (Å²) in [5.74, 6) is 0.0136. The SMILES string of the molecule is O=C1CC(c2nnc(NC(=O)N3c4ccccc4Sc4ccccc43)s2)CN1c1ccccc1. The van der Waals surface area contributed by atoms with E-state index in [4.69, 9.17) is 0 Å². The van der Waals surface area contributed by atoms with E-state index in [0.29, 0.717) is 18.1 Å². The second-order valence-electron chi connectivity index (χ2n) is 7.99. The highest BCUT2D eigenvalue weighted by atomic mass is 32.2. The first-order valence-electron chi connectivity index (χ1n) is 10.8. The number of amides is 3. The normalized spacial score (nSPS) is 16.8. The average Bonchev–Trinajstić information content (AvgIpc) is 3.49. The number of carbonyl (C=O) groups excluding carboxylic acids is 2. The van der Waals surface area contributed by atoms with Gasteiger partial charge in [-0.3, -0.25) is 15.0 Å². The molecule has 1 unspecified atom stereocenters. The summed E-state index contributed by atoms with van der Waals surface area (Å²) in [6, 6.07) is 25.0. The lowest BCUT2D eigenvalue weighted by molar-refractivity contribution is -0.117. The zero-order valence-electron chi connectivity index (χ0n) is 17.9. The van der Waals surface area contributed by atoms with Crippen LogP contribution in [0.3, 0.4) is 0 Å². The average molecular weight is 486 g/mol. The maximum Gasteiger partial charge on any atom is 0.332 e. The van der Waals surface area contributed by atoms with E-state index in [9.17, 15) is 9.59 Å². The van der Waals surface area contributed by atoms with E-state index in [1.807, 2.05) is 78.9 Å². The Kier molecular flexibility index (Phi) is 5.27. The molecule has 9 heteroatoms. The first-order chi connectivity index (χ1) is 16.7. The summed E-state index contributed by atoms with van der Waals surface area (Å²) in [6.45, 7) is 0.551. The molecule has 0 saturated carbocycles. The van der Waals surface area contributed by atoms with Crippen LogP contribution in [0.25, 0.3) is 0 Å². The predicted molar refractivity (Wildman–Crippen MR) is 134 cm³/mol. The minimum Gasteiger partial charge on any atom is -0.312 e. The van der Waals surface area contributed by atoms with E-state index < -0.39 is 0 Å². The van der Waals surface area contributed by atoms with Gasteiger partial charge in [0.05, 0.1) is 11.4 Å². The van der Waals surface area contributed by atoms with Gasteiger partial charge in [0.15, 0.2) is 0 Å². The van der Waals surface area contributed by atoms with E-state index in [-0.39, 0.29) is 17.9 Å². The number of nitrogens with zero attached hydrogens (tertiary/aromatic N) is 4. The summed E-state index contributed by atoms with van der Waals surface area (Å²) in [4.78, 5) is 31.5. The number of urea groups is 1. The molecule has 168 valence electrons. The molecule has 1 fully saturated rings. The standard InChI is InChI=1S/C25H19N5O2S2/c31-22-14-16(15-29(22)17-8-2-1-3-9-17)23-27-28-24(34-23)26-25(32)30-18-10-4-6-12-20(18)33-21-13-7-5-11-19(21)30/h1-13,16H,14-15H2,(H,26,28,32). The third kappa shape index (κ3) is 3.72. The maximum atomic E-state index is 13.4. The van der Waals surface area contributed by atoms with Crippen molar-refractivity contribution < 1.29 is 9.59 Å². The molecule has 6 rings (SSSR count). The van der Waals surface area contributed by atoms with Crippen molar-refractivity contribution in [2.45, 2.75) is 22.1 Å². The van der Waals surface area contributed by atoms with Gasteiger partial charge in [-0.1, -0.05) is 65.6 Å². The van der Waals surface area contributed by atoms with E-state index in [0.717, 1.165) is 31.9 Å². The number of anilines is 4. The lowest BCUT2D eigenvalue weighted by Gasteiger charge is -2.30. The monoisotopic (exact) mass is 485 g/mol. The van der Waals surface area contributed by atoms with Crippen molar-refractivity contribution in [2.75, 3.05) is 21.7 Å². The highest BCUT2D eigenvalue weighted by molar-refractivity contribution is 7.99. The van der Waals surface area contributed by atoms with Crippen LogP contribution in [0.5, 0.6) is 0 Å². The predicted octanol–water partition coefficient (Wildman–Crippen LogP) is 5.89. The van der Waals surface area contributed by atoms with Crippen LogP contribution in [-0.2, 0) is 4.79 Å². The molecule has 3 aromatic carbocycles. The Morgan fingerprint density at radius 3 is 2.24 bits per heavy atom. The van der Waals surface area contributed by atoms with Crippen molar-refractivity contribution in [1.82, 2.24) is 10.2 Å². The number of nitrogens with one attached hydrogen (secondary N) is 1. The number of carbonyl (C=O) groups is 2. The van der Waals surface area contributed by atoms with E-state index >= 15 is 0 Å². The molecule has 34 heavy (non-hydrogen) atoms. The van der Waals surface area contributed by atoms with Gasteiger partial charge in [0.2, 0.25) is 11.0 Å². The Labute approximate surface area is 204 Å². The van der Waals surface area contributed by atoms with Crippen molar-refractivity contribution in [3.05, 3.63) is 83.9 Å². The molecule has 2 aliphatic heterocycles. The van der Waals surface area contributed by atoms with Gasteiger partial charge in [-0.15, -0.1) is 10.2 Å². The fraction of sp³-hybridized carbons (Fsp3) is 0.120. The van der Waals surface area contributed by atoms with Gasteiger partial charge >= 0.3 is 6.03 Å². The van der Waals surface area contributed by atoms with Crippen LogP contribution < -0.4 is 15.1 Å². The maximum absolute atomic E-state index is 13.4. The third-order valence-electron chi connectivity index (χ3n) is 5.83. The van der Waals surface area contributed by atoms with Crippen molar-refractivity contribution in [3.63, 3.8) is 0 Å². The second-order valence-corrected chi connectivity index (χ2v) is 10.1. The molecule has 0 bridgehead atoms. The van der Waals surface area contributed by atoms with E-state index in [1.165, 1.54) is 11.3 Å². The Morgan fingerprint density at radius 2 is 1.53 bits per heavy atom. The van der Waals surface area contributed by atoms with Crippen molar-refractivity contribution in [2.24, 2.45) is 0 Å². The quantitative estimate of drug-likeness (QED) is 0.391. The second kappa shape index (κ2) is 8.58. The van der Waals surface area contributed by atoms with Gasteiger partial charge in [0.25, 0.3) is 0 Å². The molecule has 1 atom stereocenters. The van der Waals surface area contributed by atoms with Crippen LogP contribution in [0.1, 0.15) is 17.3 Å². The minimum absolute atomic E-state index is 0.0521. The summed E-state index contributed by atoms with van der Waals surface area (Å²) in [7, 11) is 0. The minimum atomic E-state index is -0.295. The first-order valence-corrected chi connectivity index (χ1v) is 12.5. The zero-order valence-corrected chi connectivity index (χ0v) is 19.6. The van der Waals surface area contributed by atoms with Crippen molar-refractivity contribution in [3.8, 4) is 0 Å². The van der Waals surface area contributed by atoms with Gasteiger partial charge in [-0.25, -0.2) is 4.79 Å². The Morgan fingerprint density at radius 1 is 0.882 bits per heavy atom. The molecule has 1 saturated heterocycles. The van der Waals surface area contributed by atoms with Crippen LogP contribution in [0, 0.1) is 0 Å². The molecule has 7 nitrogen and oxygen atoms in total. The van der Waals surface area contributed by atoms with Gasteiger partial charge in [-0.05, 0) is 36.4 Å². The number of rotatable bonds is 3. The molecule has 0 radical (unpaired) electrons. The molecular weight excluding hydrogens is 466 g/mol. The summed E-state index contributed by atoms with van der Waals surface area (Å²) in [5.41, 5.74) is 2.54. The summed E-state index contributed by atoms with van der Waals surface area (Å²) in [6.07, 6.45) is 0.377. The summed E-state index contributed by atoms with van der Waals surface area (Å²) in [5, 5.41) is 12.6. The highest BCUT2D eigenvalue weighted by Crippen LogP contribution is 2.48. The number of benzene rings is 3. The molecule has 1 aromatic heterocycles. The molecule has 0 aliphatic carbocycles. The smallest absolute Gasteiger partial charge is 0.312 e. The number of aromatic nitrogens is 2. The number of hydrogen-bond donors (Lipinski definition) is 1. The third-order valence-corrected chi connectivity index (χ3v) is 7.96. The summed E-state index contributed by atoms with van der Waals surface area (Å²) < 4.78 is 0. The van der Waals surface area contributed by atoms with Gasteiger partial charge in [-0.2, -0.15) is 0 Å². The van der Waals surface area contributed by atoms with Crippen LogP contribution in [0.15, 0.2) is 88.7 Å². The van der Waals surface area contributed by atoms with Crippen LogP contribution >= 0.6 is 23.1 Å². The number of hydrogen-bond acceptors (Lipinski definition) is 6. The molecule has 3 heterocycles. The molecule has 1 N–H and O–H groups in total. The van der Waals surface area contributed by atoms with E-state index in [2.05, 4.69) is 15.5 Å².